The Hall–Kier alpha value is -1.22. The second kappa shape index (κ2) is 2.13. The molecule has 1 saturated heterocycles. The first-order valence-electron chi connectivity index (χ1n) is 3.67. The lowest BCUT2D eigenvalue weighted by Gasteiger charge is -2.33. The fourth-order valence-corrected chi connectivity index (χ4v) is 1.41. The molecule has 2 aliphatic rings. The van der Waals surface area contributed by atoms with Crippen LogP contribution in [0.2, 0.25) is 0 Å². The summed E-state index contributed by atoms with van der Waals surface area (Å²) in [6, 6.07) is -0.286. The topological polar surface area (TPSA) is 77.9 Å². The molecule has 1 N–H and O–H groups in total. The van der Waals surface area contributed by atoms with E-state index in [1.165, 1.54) is 0 Å². The van der Waals surface area contributed by atoms with Gasteiger partial charge in [0.25, 0.3) is 0 Å². The van der Waals surface area contributed by atoms with E-state index in [2.05, 4.69) is 15.3 Å². The fraction of sp³-hybridized carbons (Fsp3) is 0.833. The van der Waals surface area contributed by atoms with E-state index in [4.69, 9.17) is 5.53 Å². The van der Waals surface area contributed by atoms with Crippen LogP contribution in [0, 0.1) is 5.92 Å². The van der Waals surface area contributed by atoms with Gasteiger partial charge in [-0.15, -0.1) is 0 Å². The molecule has 0 spiro atoms. The molecule has 2 atom stereocenters. The van der Waals surface area contributed by atoms with Crippen molar-refractivity contribution in [1.82, 2.24) is 5.32 Å². The zero-order valence-corrected chi connectivity index (χ0v) is 5.90. The predicted octanol–water partition coefficient (Wildman–Crippen LogP) is 0.574. The van der Waals surface area contributed by atoms with Gasteiger partial charge in [0.1, 0.15) is 6.04 Å². The quantitative estimate of drug-likeness (QED) is 0.267. The van der Waals surface area contributed by atoms with Crippen molar-refractivity contribution < 1.29 is 4.79 Å². The number of hydrogen-bond donors (Lipinski definition) is 1. The molecule has 1 heterocycles. The first kappa shape index (κ1) is 6.49. The second-order valence-corrected chi connectivity index (χ2v) is 3.02. The lowest BCUT2D eigenvalue weighted by atomic mass is 9.95. The van der Waals surface area contributed by atoms with Crippen LogP contribution in [-0.4, -0.2) is 18.0 Å². The number of azide groups is 1. The van der Waals surface area contributed by atoms with Gasteiger partial charge in [0.15, 0.2) is 0 Å². The summed E-state index contributed by atoms with van der Waals surface area (Å²) in [5.41, 5.74) is 8.12. The summed E-state index contributed by atoms with van der Waals surface area (Å²) in [6.45, 7) is 0. The normalized spacial score (nSPS) is 35.1. The van der Waals surface area contributed by atoms with Gasteiger partial charge in [0.05, 0.1) is 0 Å². The highest BCUT2D eigenvalue weighted by Gasteiger charge is 2.47. The Morgan fingerprint density at radius 3 is 2.82 bits per heavy atom. The summed E-state index contributed by atoms with van der Waals surface area (Å²) in [7, 11) is 0. The van der Waals surface area contributed by atoms with Crippen LogP contribution in [0.4, 0.5) is 0 Å². The van der Waals surface area contributed by atoms with E-state index in [9.17, 15) is 4.79 Å². The van der Waals surface area contributed by atoms with Crippen molar-refractivity contribution in [2.75, 3.05) is 0 Å². The van der Waals surface area contributed by atoms with E-state index in [0.717, 1.165) is 12.8 Å². The Morgan fingerprint density at radius 2 is 2.36 bits per heavy atom. The maximum Gasteiger partial charge on any atom is 0.231 e. The van der Waals surface area contributed by atoms with Crippen molar-refractivity contribution >= 4 is 5.91 Å². The third kappa shape index (κ3) is 0.935. The molecule has 5 heteroatoms. The molecule has 58 valence electrons. The van der Waals surface area contributed by atoms with E-state index in [-0.39, 0.29) is 11.9 Å². The average molecular weight is 152 g/mol. The Balaban J connectivity index is 2.03. The molecule has 0 radical (unpaired) electrons. The van der Waals surface area contributed by atoms with Gasteiger partial charge >= 0.3 is 0 Å². The SMILES string of the molecule is [N-]=[N+]=N[C@H]1C(=O)N[C@@H]1C1CC1. The molecular formula is C6H8N4O. The van der Waals surface area contributed by atoms with Crippen molar-refractivity contribution in [2.24, 2.45) is 11.0 Å². The number of amides is 1. The van der Waals surface area contributed by atoms with E-state index in [0.29, 0.717) is 5.92 Å². The maximum atomic E-state index is 10.8. The van der Waals surface area contributed by atoms with Gasteiger partial charge in [-0.25, -0.2) is 0 Å². The van der Waals surface area contributed by atoms with Gasteiger partial charge in [-0.05, 0) is 24.3 Å². The van der Waals surface area contributed by atoms with Gasteiger partial charge in [0, 0.05) is 11.0 Å². The monoisotopic (exact) mass is 152 g/mol. The van der Waals surface area contributed by atoms with E-state index >= 15 is 0 Å². The second-order valence-electron chi connectivity index (χ2n) is 3.02. The van der Waals surface area contributed by atoms with Gasteiger partial charge in [-0.2, -0.15) is 0 Å². The molecule has 2 fully saturated rings. The van der Waals surface area contributed by atoms with Crippen LogP contribution in [0.1, 0.15) is 12.8 Å². The zero-order chi connectivity index (χ0) is 7.84. The number of carbonyl (C=O) groups is 1. The number of nitrogens with zero attached hydrogens (tertiary/aromatic N) is 3. The minimum atomic E-state index is -0.424. The molecule has 0 aromatic heterocycles. The molecule has 0 aromatic rings. The van der Waals surface area contributed by atoms with Crippen molar-refractivity contribution in [1.29, 1.82) is 0 Å². The van der Waals surface area contributed by atoms with Crippen molar-refractivity contribution in [3.8, 4) is 0 Å². The molecule has 2 rings (SSSR count). The zero-order valence-electron chi connectivity index (χ0n) is 5.90. The minimum Gasteiger partial charge on any atom is -0.352 e. The van der Waals surface area contributed by atoms with Crippen LogP contribution in [0.25, 0.3) is 10.4 Å². The summed E-state index contributed by atoms with van der Waals surface area (Å²) < 4.78 is 0. The highest BCUT2D eigenvalue weighted by atomic mass is 16.2. The van der Waals surface area contributed by atoms with Crippen LogP contribution >= 0.6 is 0 Å². The molecule has 1 amide bonds. The summed E-state index contributed by atoms with van der Waals surface area (Å²) >= 11 is 0. The van der Waals surface area contributed by atoms with E-state index in [1.54, 1.807) is 0 Å². The molecule has 0 bridgehead atoms. The average Bonchev–Trinajstić information content (AvgIpc) is 2.78. The first-order chi connectivity index (χ1) is 5.33. The Morgan fingerprint density at radius 1 is 1.64 bits per heavy atom. The standard InChI is InChI=1S/C6H8N4O/c7-10-9-5-4(3-1-2-3)8-6(5)11/h3-5H,1-2H2,(H,8,11)/t4-,5-/m1/s1. The van der Waals surface area contributed by atoms with Crippen LogP contribution in [-0.2, 0) is 4.79 Å². The lowest BCUT2D eigenvalue weighted by molar-refractivity contribution is -0.130. The summed E-state index contributed by atoms with van der Waals surface area (Å²) in [5, 5.41) is 6.16. The summed E-state index contributed by atoms with van der Waals surface area (Å²) in [4.78, 5) is 13.4. The number of β-lactam (4-membered cyclic amide) rings is 1. The van der Waals surface area contributed by atoms with E-state index < -0.39 is 6.04 Å². The van der Waals surface area contributed by atoms with Gasteiger partial charge in [0.2, 0.25) is 5.91 Å². The molecule has 0 aromatic carbocycles. The molecule has 11 heavy (non-hydrogen) atoms. The fourth-order valence-electron chi connectivity index (χ4n) is 1.41. The number of hydrogen-bond acceptors (Lipinski definition) is 2. The largest absolute Gasteiger partial charge is 0.352 e. The summed E-state index contributed by atoms with van der Waals surface area (Å²) in [6.07, 6.45) is 2.31. The Labute approximate surface area is 63.4 Å². The predicted molar refractivity (Wildman–Crippen MR) is 37.6 cm³/mol. The van der Waals surface area contributed by atoms with Gasteiger partial charge < -0.3 is 5.32 Å². The van der Waals surface area contributed by atoms with Crippen LogP contribution in [0.3, 0.4) is 0 Å². The highest BCUT2D eigenvalue weighted by molar-refractivity contribution is 5.89. The smallest absolute Gasteiger partial charge is 0.231 e. The third-order valence-electron chi connectivity index (χ3n) is 2.22. The molecule has 1 saturated carbocycles. The lowest BCUT2D eigenvalue weighted by Crippen LogP contribution is -2.62. The number of nitrogens with one attached hydrogen (secondary N) is 1. The van der Waals surface area contributed by atoms with Gasteiger partial charge in [-0.3, -0.25) is 4.79 Å². The third-order valence-corrected chi connectivity index (χ3v) is 2.22. The van der Waals surface area contributed by atoms with Crippen LogP contribution in [0.5, 0.6) is 0 Å². The minimum absolute atomic E-state index is 0.125. The number of carbonyl (C=O) groups excluding carboxylic acids is 1. The Bertz CT molecular complexity index is 239. The summed E-state index contributed by atoms with van der Waals surface area (Å²) in [5.74, 6) is 0.447. The van der Waals surface area contributed by atoms with Crippen molar-refractivity contribution in [3.63, 3.8) is 0 Å². The highest BCUT2D eigenvalue weighted by Crippen LogP contribution is 2.37. The molecule has 1 aliphatic heterocycles. The van der Waals surface area contributed by atoms with Crippen molar-refractivity contribution in [2.45, 2.75) is 24.9 Å². The van der Waals surface area contributed by atoms with Crippen molar-refractivity contribution in [3.05, 3.63) is 10.4 Å². The molecular weight excluding hydrogens is 144 g/mol. The molecule has 0 unspecified atom stereocenters. The van der Waals surface area contributed by atoms with E-state index in [1.807, 2.05) is 0 Å². The van der Waals surface area contributed by atoms with Crippen LogP contribution in [0.15, 0.2) is 5.11 Å². The Kier molecular flexibility index (Phi) is 1.26. The van der Waals surface area contributed by atoms with Gasteiger partial charge in [-0.1, -0.05) is 5.11 Å². The van der Waals surface area contributed by atoms with Crippen LogP contribution < -0.4 is 5.32 Å². The first-order valence-corrected chi connectivity index (χ1v) is 3.67. The molecule has 1 aliphatic carbocycles. The molecule has 5 nitrogen and oxygen atoms in total. The maximum absolute atomic E-state index is 10.8. The number of rotatable bonds is 2.